The van der Waals surface area contributed by atoms with Crippen molar-refractivity contribution in [3.05, 3.63) is 52.4 Å². The summed E-state index contributed by atoms with van der Waals surface area (Å²) in [6.45, 7) is 3.56. The zero-order valence-corrected chi connectivity index (χ0v) is 14.8. The van der Waals surface area contributed by atoms with Gasteiger partial charge in [-0.1, -0.05) is 24.9 Å². The molecule has 0 aliphatic heterocycles. The van der Waals surface area contributed by atoms with E-state index < -0.39 is 0 Å². The molecule has 4 nitrogen and oxygen atoms in total. The van der Waals surface area contributed by atoms with Gasteiger partial charge < -0.3 is 9.97 Å². The van der Waals surface area contributed by atoms with Gasteiger partial charge in [0, 0.05) is 36.1 Å². The van der Waals surface area contributed by atoms with Crippen LogP contribution in [0.25, 0.3) is 10.9 Å². The van der Waals surface area contributed by atoms with Gasteiger partial charge in [0.2, 0.25) is 0 Å². The molecule has 0 fully saturated rings. The Hall–Kier alpha value is -1.85. The summed E-state index contributed by atoms with van der Waals surface area (Å²) in [5.74, 6) is 0.733. The molecule has 0 radical (unpaired) electrons. The summed E-state index contributed by atoms with van der Waals surface area (Å²) >= 11 is 6.23. The summed E-state index contributed by atoms with van der Waals surface area (Å²) in [6.07, 6.45) is 3.16. The Morgan fingerprint density at radius 3 is 2.83 bits per heavy atom. The van der Waals surface area contributed by atoms with Crippen molar-refractivity contribution in [1.29, 1.82) is 0 Å². The fraction of sp³-hybridized carbons (Fsp3) is 0.389. The van der Waals surface area contributed by atoms with Gasteiger partial charge in [-0.2, -0.15) is 0 Å². The molecular formula is C18H22ClFN4. The van der Waals surface area contributed by atoms with Crippen molar-refractivity contribution >= 4 is 22.5 Å². The van der Waals surface area contributed by atoms with Gasteiger partial charge in [0.25, 0.3) is 0 Å². The maximum absolute atomic E-state index is 13.3. The molecule has 0 bridgehead atoms. The van der Waals surface area contributed by atoms with E-state index in [0.717, 1.165) is 53.9 Å². The Bertz CT molecular complexity index is 824. The SMILES string of the molecule is CCCCc1nc(Cl)c(CN(C)Cc2cc3cc(F)ccc3[nH]2)[nH]1. The summed E-state index contributed by atoms with van der Waals surface area (Å²) in [5, 5.41) is 1.44. The Morgan fingerprint density at radius 1 is 1.21 bits per heavy atom. The molecule has 2 N–H and O–H groups in total. The van der Waals surface area contributed by atoms with Crippen LogP contribution in [0.15, 0.2) is 24.3 Å². The maximum atomic E-state index is 13.3. The van der Waals surface area contributed by atoms with E-state index in [1.807, 2.05) is 13.1 Å². The van der Waals surface area contributed by atoms with Crippen molar-refractivity contribution in [3.8, 4) is 0 Å². The van der Waals surface area contributed by atoms with Crippen LogP contribution in [0.4, 0.5) is 4.39 Å². The predicted octanol–water partition coefficient (Wildman–Crippen LogP) is 4.66. The number of nitrogens with one attached hydrogen (secondary N) is 2. The average Bonchev–Trinajstić information content (AvgIpc) is 3.07. The highest BCUT2D eigenvalue weighted by Crippen LogP contribution is 2.19. The molecule has 1 aromatic carbocycles. The Morgan fingerprint density at radius 2 is 2.04 bits per heavy atom. The minimum absolute atomic E-state index is 0.217. The fourth-order valence-corrected chi connectivity index (χ4v) is 3.08. The van der Waals surface area contributed by atoms with Crippen LogP contribution in [0.3, 0.4) is 0 Å². The molecule has 0 aliphatic rings. The van der Waals surface area contributed by atoms with Crippen LogP contribution in [0.1, 0.15) is 37.0 Å². The van der Waals surface area contributed by atoms with Crippen LogP contribution in [-0.2, 0) is 19.5 Å². The van der Waals surface area contributed by atoms with Crippen LogP contribution in [0, 0.1) is 5.82 Å². The number of rotatable bonds is 7. The van der Waals surface area contributed by atoms with E-state index in [1.165, 1.54) is 6.07 Å². The summed E-state index contributed by atoms with van der Waals surface area (Å²) < 4.78 is 13.3. The highest BCUT2D eigenvalue weighted by molar-refractivity contribution is 6.30. The molecule has 0 atom stereocenters. The average molecular weight is 349 g/mol. The molecule has 3 aromatic rings. The summed E-state index contributed by atoms with van der Waals surface area (Å²) in [7, 11) is 2.02. The second-order valence-corrected chi connectivity index (χ2v) is 6.61. The van der Waals surface area contributed by atoms with Gasteiger partial charge in [-0.25, -0.2) is 9.37 Å². The standard InChI is InChI=1S/C18H22ClFN4/c1-3-4-5-17-22-16(18(19)23-17)11-24(2)10-14-9-12-8-13(20)6-7-15(12)21-14/h6-9,21H,3-5,10-11H2,1-2H3,(H,22,23). The molecule has 2 aromatic heterocycles. The molecule has 6 heteroatoms. The van der Waals surface area contributed by atoms with Gasteiger partial charge in [-0.15, -0.1) is 0 Å². The molecule has 0 aliphatic carbocycles. The van der Waals surface area contributed by atoms with Crippen molar-refractivity contribution in [2.75, 3.05) is 7.05 Å². The molecular weight excluding hydrogens is 327 g/mol. The number of hydrogen-bond acceptors (Lipinski definition) is 2. The first-order valence-electron chi connectivity index (χ1n) is 8.24. The van der Waals surface area contributed by atoms with E-state index in [0.29, 0.717) is 11.7 Å². The third-order valence-corrected chi connectivity index (χ3v) is 4.36. The van der Waals surface area contributed by atoms with Crippen molar-refractivity contribution in [3.63, 3.8) is 0 Å². The van der Waals surface area contributed by atoms with E-state index in [1.54, 1.807) is 12.1 Å². The highest BCUT2D eigenvalue weighted by atomic mass is 35.5. The Labute approximate surface area is 146 Å². The molecule has 0 saturated heterocycles. The normalized spacial score (nSPS) is 11.7. The monoisotopic (exact) mass is 348 g/mol. The van der Waals surface area contributed by atoms with Crippen molar-refractivity contribution in [1.82, 2.24) is 19.9 Å². The second kappa shape index (κ2) is 7.36. The number of H-pyrrole nitrogens is 2. The number of fused-ring (bicyclic) bond motifs is 1. The van der Waals surface area contributed by atoms with Gasteiger partial charge >= 0.3 is 0 Å². The first kappa shape index (κ1) is 17.0. The molecule has 0 unspecified atom stereocenters. The summed E-state index contributed by atoms with van der Waals surface area (Å²) in [6, 6.07) is 6.76. The minimum Gasteiger partial charge on any atom is -0.357 e. The predicted molar refractivity (Wildman–Crippen MR) is 95.6 cm³/mol. The number of nitrogens with zero attached hydrogens (tertiary/aromatic N) is 2. The molecule has 0 amide bonds. The first-order chi connectivity index (χ1) is 11.5. The van der Waals surface area contributed by atoms with Gasteiger partial charge in [0.05, 0.1) is 5.69 Å². The summed E-state index contributed by atoms with van der Waals surface area (Å²) in [5.41, 5.74) is 2.92. The van der Waals surface area contributed by atoms with Gasteiger partial charge in [0.15, 0.2) is 5.15 Å². The lowest BCUT2D eigenvalue weighted by molar-refractivity contribution is 0.312. The van der Waals surface area contributed by atoms with Crippen LogP contribution in [-0.4, -0.2) is 26.9 Å². The quantitative estimate of drug-likeness (QED) is 0.652. The number of halogens is 2. The number of aryl methyl sites for hydroxylation is 1. The van der Waals surface area contributed by atoms with Crippen molar-refractivity contribution < 1.29 is 4.39 Å². The van der Waals surface area contributed by atoms with E-state index >= 15 is 0 Å². The van der Waals surface area contributed by atoms with Crippen LogP contribution in [0.2, 0.25) is 5.15 Å². The molecule has 3 rings (SSSR count). The second-order valence-electron chi connectivity index (χ2n) is 6.25. The van der Waals surface area contributed by atoms with Gasteiger partial charge in [-0.3, -0.25) is 4.90 Å². The highest BCUT2D eigenvalue weighted by Gasteiger charge is 2.12. The number of hydrogen-bond donors (Lipinski definition) is 2. The number of aromatic amines is 2. The molecule has 0 spiro atoms. The third kappa shape index (κ3) is 3.97. The van der Waals surface area contributed by atoms with Crippen LogP contribution < -0.4 is 0 Å². The maximum Gasteiger partial charge on any atom is 0.151 e. The number of unbranched alkanes of at least 4 members (excludes halogenated alkanes) is 1. The van der Waals surface area contributed by atoms with Crippen LogP contribution in [0.5, 0.6) is 0 Å². The largest absolute Gasteiger partial charge is 0.357 e. The third-order valence-electron chi connectivity index (χ3n) is 4.05. The minimum atomic E-state index is -0.217. The zero-order chi connectivity index (χ0) is 17.1. The van der Waals surface area contributed by atoms with Gasteiger partial charge in [0.1, 0.15) is 11.6 Å². The van der Waals surface area contributed by atoms with E-state index in [2.05, 4.69) is 26.8 Å². The smallest absolute Gasteiger partial charge is 0.151 e. The van der Waals surface area contributed by atoms with E-state index in [4.69, 9.17) is 11.6 Å². The fourth-order valence-electron chi connectivity index (χ4n) is 2.87. The summed E-state index contributed by atoms with van der Waals surface area (Å²) in [4.78, 5) is 13.2. The van der Waals surface area contributed by atoms with E-state index in [9.17, 15) is 4.39 Å². The molecule has 2 heterocycles. The van der Waals surface area contributed by atoms with Crippen molar-refractivity contribution in [2.45, 2.75) is 39.3 Å². The Kier molecular flexibility index (Phi) is 5.21. The number of benzene rings is 1. The number of aromatic nitrogens is 3. The zero-order valence-electron chi connectivity index (χ0n) is 14.0. The van der Waals surface area contributed by atoms with Gasteiger partial charge in [-0.05, 0) is 37.7 Å². The molecule has 128 valence electrons. The topological polar surface area (TPSA) is 47.7 Å². The lowest BCUT2D eigenvalue weighted by Gasteiger charge is -2.14. The first-order valence-corrected chi connectivity index (χ1v) is 8.62. The lowest BCUT2D eigenvalue weighted by atomic mass is 10.2. The molecule has 0 saturated carbocycles. The van der Waals surface area contributed by atoms with E-state index in [-0.39, 0.29) is 5.82 Å². The van der Waals surface area contributed by atoms with Crippen molar-refractivity contribution in [2.24, 2.45) is 0 Å². The molecule has 24 heavy (non-hydrogen) atoms. The van der Waals surface area contributed by atoms with Crippen LogP contribution >= 0.6 is 11.6 Å². The number of imidazole rings is 1. The lowest BCUT2D eigenvalue weighted by Crippen LogP contribution is -2.18. The Balaban J connectivity index is 1.66.